The molecular weight excluding hydrogens is 220 g/mol. The molecule has 0 spiro atoms. The summed E-state index contributed by atoms with van der Waals surface area (Å²) in [5, 5.41) is 11.6. The van der Waals surface area contributed by atoms with Crippen LogP contribution >= 0.6 is 0 Å². The number of nitrogens with two attached hydrogens (primary N) is 1. The van der Waals surface area contributed by atoms with Gasteiger partial charge in [-0.3, -0.25) is 4.79 Å². The lowest BCUT2D eigenvalue weighted by atomic mass is 9.81. The van der Waals surface area contributed by atoms with Crippen molar-refractivity contribution in [3.05, 3.63) is 0 Å². The first kappa shape index (κ1) is 15.9. The molecule has 0 aromatic rings. The van der Waals surface area contributed by atoms with Crippen molar-refractivity contribution >= 4 is 11.9 Å². The van der Waals surface area contributed by atoms with E-state index in [1.165, 1.54) is 0 Å². The predicted molar refractivity (Wildman–Crippen MR) is 66.5 cm³/mol. The Morgan fingerprint density at radius 1 is 1.29 bits per heavy atom. The van der Waals surface area contributed by atoms with Crippen molar-refractivity contribution in [1.82, 2.24) is 5.32 Å². The van der Waals surface area contributed by atoms with Crippen LogP contribution in [-0.2, 0) is 9.59 Å². The Labute approximate surface area is 103 Å². The molecule has 0 aliphatic carbocycles. The third-order valence-electron chi connectivity index (χ3n) is 3.41. The van der Waals surface area contributed by atoms with E-state index in [1.807, 2.05) is 20.8 Å². The van der Waals surface area contributed by atoms with Crippen LogP contribution in [0.15, 0.2) is 0 Å². The standard InChI is InChI=1S/C12H24N2O3/c1-4-7-9(10(15)16)14-11(17)12(5-2,6-3)8-13/h9H,4-8,13H2,1-3H3,(H,14,17)(H,15,16)/t9-/m1/s1. The molecule has 1 amide bonds. The van der Waals surface area contributed by atoms with Crippen molar-refractivity contribution in [1.29, 1.82) is 0 Å². The van der Waals surface area contributed by atoms with Crippen LogP contribution in [0.2, 0.25) is 0 Å². The molecule has 4 N–H and O–H groups in total. The summed E-state index contributed by atoms with van der Waals surface area (Å²) < 4.78 is 0. The van der Waals surface area contributed by atoms with E-state index in [0.717, 1.165) is 0 Å². The van der Waals surface area contributed by atoms with E-state index in [9.17, 15) is 9.59 Å². The van der Waals surface area contributed by atoms with Gasteiger partial charge in [0.1, 0.15) is 6.04 Å². The van der Waals surface area contributed by atoms with Gasteiger partial charge in [0.2, 0.25) is 5.91 Å². The molecule has 0 aromatic heterocycles. The predicted octanol–water partition coefficient (Wildman–Crippen LogP) is 1.12. The average molecular weight is 244 g/mol. The summed E-state index contributed by atoms with van der Waals surface area (Å²) in [7, 11) is 0. The van der Waals surface area contributed by atoms with Crippen LogP contribution in [-0.4, -0.2) is 29.6 Å². The highest BCUT2D eigenvalue weighted by atomic mass is 16.4. The summed E-state index contributed by atoms with van der Waals surface area (Å²) in [6.07, 6.45) is 2.38. The molecule has 0 saturated carbocycles. The van der Waals surface area contributed by atoms with Gasteiger partial charge in [0.15, 0.2) is 0 Å². The number of rotatable bonds is 8. The fourth-order valence-corrected chi connectivity index (χ4v) is 1.81. The Bertz CT molecular complexity index is 254. The van der Waals surface area contributed by atoms with Crippen LogP contribution in [0, 0.1) is 5.41 Å². The number of amides is 1. The van der Waals surface area contributed by atoms with E-state index in [-0.39, 0.29) is 12.5 Å². The van der Waals surface area contributed by atoms with Gasteiger partial charge in [-0.05, 0) is 19.3 Å². The summed E-state index contributed by atoms with van der Waals surface area (Å²) in [5.41, 5.74) is 5.01. The number of hydrogen-bond acceptors (Lipinski definition) is 3. The first-order chi connectivity index (χ1) is 7.97. The fraction of sp³-hybridized carbons (Fsp3) is 0.833. The molecule has 1 atom stereocenters. The van der Waals surface area contributed by atoms with Crippen LogP contribution in [0.25, 0.3) is 0 Å². The fourth-order valence-electron chi connectivity index (χ4n) is 1.81. The first-order valence-electron chi connectivity index (χ1n) is 6.21. The third kappa shape index (κ3) is 4.00. The molecule has 0 aromatic carbocycles. The second kappa shape index (κ2) is 7.27. The molecule has 0 aliphatic heterocycles. The second-order valence-corrected chi connectivity index (χ2v) is 4.34. The Balaban J connectivity index is 4.73. The molecule has 0 fully saturated rings. The van der Waals surface area contributed by atoms with Gasteiger partial charge in [0.05, 0.1) is 5.41 Å². The number of carboxylic acid groups (broad SMARTS) is 1. The molecule has 5 heteroatoms. The van der Waals surface area contributed by atoms with Gasteiger partial charge in [-0.25, -0.2) is 4.79 Å². The van der Waals surface area contributed by atoms with Gasteiger partial charge in [0, 0.05) is 6.54 Å². The highest BCUT2D eigenvalue weighted by Crippen LogP contribution is 2.25. The van der Waals surface area contributed by atoms with Crippen LogP contribution in [0.3, 0.4) is 0 Å². The SMILES string of the molecule is CCC[C@@H](NC(=O)C(CC)(CC)CN)C(=O)O. The minimum atomic E-state index is -0.988. The van der Waals surface area contributed by atoms with E-state index in [0.29, 0.717) is 25.7 Å². The monoisotopic (exact) mass is 244 g/mol. The quantitative estimate of drug-likeness (QED) is 0.596. The summed E-state index contributed by atoms with van der Waals surface area (Å²) in [5.74, 6) is -1.23. The molecule has 5 nitrogen and oxygen atoms in total. The van der Waals surface area contributed by atoms with Gasteiger partial charge in [0.25, 0.3) is 0 Å². The molecular formula is C12H24N2O3. The van der Waals surface area contributed by atoms with Gasteiger partial charge in [-0.2, -0.15) is 0 Å². The zero-order valence-corrected chi connectivity index (χ0v) is 11.0. The van der Waals surface area contributed by atoms with Crippen LogP contribution in [0.4, 0.5) is 0 Å². The zero-order chi connectivity index (χ0) is 13.5. The molecule has 100 valence electrons. The molecule has 0 heterocycles. The Hall–Kier alpha value is -1.10. The summed E-state index contributed by atoms with van der Waals surface area (Å²) >= 11 is 0. The number of aliphatic carboxylic acids is 1. The molecule has 0 saturated heterocycles. The van der Waals surface area contributed by atoms with Gasteiger partial charge < -0.3 is 16.2 Å². The van der Waals surface area contributed by atoms with Crippen LogP contribution in [0.5, 0.6) is 0 Å². The van der Waals surface area contributed by atoms with Crippen molar-refractivity contribution in [2.24, 2.45) is 11.1 Å². The lowest BCUT2D eigenvalue weighted by Gasteiger charge is -2.30. The second-order valence-electron chi connectivity index (χ2n) is 4.34. The van der Waals surface area contributed by atoms with E-state index in [1.54, 1.807) is 0 Å². The highest BCUT2D eigenvalue weighted by molar-refractivity contribution is 5.87. The molecule has 0 radical (unpaired) electrons. The van der Waals surface area contributed by atoms with Gasteiger partial charge in [-0.1, -0.05) is 27.2 Å². The summed E-state index contributed by atoms with van der Waals surface area (Å²) in [4.78, 5) is 23.1. The van der Waals surface area contributed by atoms with Gasteiger partial charge in [-0.15, -0.1) is 0 Å². The maximum absolute atomic E-state index is 12.1. The Morgan fingerprint density at radius 3 is 2.12 bits per heavy atom. The average Bonchev–Trinajstić information content (AvgIpc) is 2.31. The first-order valence-corrected chi connectivity index (χ1v) is 6.21. The molecule has 0 rings (SSSR count). The Kier molecular flexibility index (Phi) is 6.80. The normalized spacial score (nSPS) is 13.2. The lowest BCUT2D eigenvalue weighted by molar-refractivity contribution is -0.144. The third-order valence-corrected chi connectivity index (χ3v) is 3.41. The topological polar surface area (TPSA) is 92.4 Å². The van der Waals surface area contributed by atoms with Crippen molar-refractivity contribution < 1.29 is 14.7 Å². The van der Waals surface area contributed by atoms with Gasteiger partial charge >= 0.3 is 5.97 Å². The van der Waals surface area contributed by atoms with Crippen molar-refractivity contribution in [2.75, 3.05) is 6.54 Å². The van der Waals surface area contributed by atoms with Crippen LogP contribution in [0.1, 0.15) is 46.5 Å². The lowest BCUT2D eigenvalue weighted by Crippen LogP contribution is -2.51. The minimum absolute atomic E-state index is 0.240. The maximum atomic E-state index is 12.1. The minimum Gasteiger partial charge on any atom is -0.480 e. The largest absolute Gasteiger partial charge is 0.480 e. The van der Waals surface area contributed by atoms with Crippen LogP contribution < -0.4 is 11.1 Å². The van der Waals surface area contributed by atoms with Crippen molar-refractivity contribution in [2.45, 2.75) is 52.5 Å². The number of carbonyl (C=O) groups excluding carboxylic acids is 1. The molecule has 0 unspecified atom stereocenters. The highest BCUT2D eigenvalue weighted by Gasteiger charge is 2.35. The number of carboxylic acids is 1. The van der Waals surface area contributed by atoms with Crippen molar-refractivity contribution in [3.63, 3.8) is 0 Å². The smallest absolute Gasteiger partial charge is 0.326 e. The van der Waals surface area contributed by atoms with E-state index in [2.05, 4.69) is 5.32 Å². The molecule has 17 heavy (non-hydrogen) atoms. The van der Waals surface area contributed by atoms with E-state index < -0.39 is 17.4 Å². The van der Waals surface area contributed by atoms with E-state index >= 15 is 0 Å². The van der Waals surface area contributed by atoms with E-state index in [4.69, 9.17) is 10.8 Å². The zero-order valence-electron chi connectivity index (χ0n) is 11.0. The molecule has 0 bridgehead atoms. The number of hydrogen-bond donors (Lipinski definition) is 3. The number of carbonyl (C=O) groups is 2. The van der Waals surface area contributed by atoms with Crippen molar-refractivity contribution in [3.8, 4) is 0 Å². The maximum Gasteiger partial charge on any atom is 0.326 e. The number of nitrogens with one attached hydrogen (secondary N) is 1. The Morgan fingerprint density at radius 2 is 1.82 bits per heavy atom. The summed E-state index contributed by atoms with van der Waals surface area (Å²) in [6.45, 7) is 5.92. The summed E-state index contributed by atoms with van der Waals surface area (Å²) in [6, 6.07) is -0.809. The molecule has 0 aliphatic rings.